The molecule has 1 amide bonds. The van der Waals surface area contributed by atoms with Gasteiger partial charge in [-0.3, -0.25) is 9.69 Å². The Labute approximate surface area is 185 Å². The molecule has 2 aromatic rings. The number of carbonyl (C=O) groups excluding carboxylic acids is 1. The molecule has 6 heteroatoms. The maximum atomic E-state index is 12.0. The van der Waals surface area contributed by atoms with Gasteiger partial charge in [0.05, 0.1) is 17.9 Å². The number of benzene rings is 1. The molecule has 1 aromatic carbocycles. The maximum absolute atomic E-state index is 12.0. The highest BCUT2D eigenvalue weighted by atomic mass is 16.2. The van der Waals surface area contributed by atoms with Gasteiger partial charge in [0.1, 0.15) is 5.82 Å². The molecule has 0 saturated carbocycles. The first-order valence-corrected chi connectivity index (χ1v) is 11.9. The van der Waals surface area contributed by atoms with E-state index in [1.807, 2.05) is 11.0 Å². The zero-order chi connectivity index (χ0) is 21.5. The summed E-state index contributed by atoms with van der Waals surface area (Å²) in [4.78, 5) is 21.6. The van der Waals surface area contributed by atoms with Gasteiger partial charge in [-0.15, -0.1) is 0 Å². The molecular formula is C25H35N5O. The number of fused-ring (bicyclic) bond motifs is 3. The molecule has 3 atom stereocenters. The fraction of sp³-hybridized carbons (Fsp3) is 0.600. The minimum absolute atomic E-state index is 0.110. The first-order valence-electron chi connectivity index (χ1n) is 11.9. The topological polar surface area (TPSA) is 67.4 Å². The summed E-state index contributed by atoms with van der Waals surface area (Å²) in [6.45, 7) is 6.41. The molecule has 2 N–H and O–H groups in total. The van der Waals surface area contributed by atoms with Crippen molar-refractivity contribution in [2.45, 2.75) is 83.1 Å². The smallest absolute Gasteiger partial charge is 0.219 e. The molecule has 2 saturated heterocycles. The van der Waals surface area contributed by atoms with E-state index in [-0.39, 0.29) is 11.9 Å². The van der Waals surface area contributed by atoms with E-state index in [9.17, 15) is 4.79 Å². The summed E-state index contributed by atoms with van der Waals surface area (Å²) in [5.74, 6) is 1.29. The Bertz CT molecular complexity index is 925. The molecule has 1 aromatic heterocycles. The highest BCUT2D eigenvalue weighted by molar-refractivity contribution is 5.73. The quantitative estimate of drug-likeness (QED) is 0.804. The predicted molar refractivity (Wildman–Crippen MR) is 122 cm³/mol. The highest BCUT2D eigenvalue weighted by Crippen LogP contribution is 2.42. The van der Waals surface area contributed by atoms with Crippen LogP contribution in [0.5, 0.6) is 0 Å². The van der Waals surface area contributed by atoms with Crippen molar-refractivity contribution in [3.63, 3.8) is 0 Å². The zero-order valence-corrected chi connectivity index (χ0v) is 18.8. The molecule has 0 radical (unpaired) electrons. The average molecular weight is 422 g/mol. The van der Waals surface area contributed by atoms with Crippen LogP contribution in [0.1, 0.15) is 73.9 Å². The Hall–Kier alpha value is -2.18. The molecule has 166 valence electrons. The number of aromatic nitrogens is 2. The molecule has 5 rings (SSSR count). The molecule has 3 aliphatic rings. The van der Waals surface area contributed by atoms with E-state index in [4.69, 9.17) is 10.7 Å². The van der Waals surface area contributed by atoms with Gasteiger partial charge < -0.3 is 15.2 Å². The molecule has 2 bridgehead atoms. The van der Waals surface area contributed by atoms with Gasteiger partial charge in [-0.25, -0.2) is 4.98 Å². The van der Waals surface area contributed by atoms with Crippen molar-refractivity contribution in [1.29, 1.82) is 0 Å². The number of amides is 1. The van der Waals surface area contributed by atoms with E-state index < -0.39 is 0 Å². The second-order valence-electron chi connectivity index (χ2n) is 9.67. The Morgan fingerprint density at radius 2 is 1.87 bits per heavy atom. The minimum Gasteiger partial charge on any atom is -0.337 e. The lowest BCUT2D eigenvalue weighted by Crippen LogP contribution is -2.45. The second-order valence-corrected chi connectivity index (χ2v) is 9.67. The van der Waals surface area contributed by atoms with E-state index >= 15 is 0 Å². The largest absolute Gasteiger partial charge is 0.337 e. The summed E-state index contributed by atoms with van der Waals surface area (Å²) in [6, 6.07) is 12.4. The van der Waals surface area contributed by atoms with Crippen molar-refractivity contribution in [3.05, 3.63) is 53.1 Å². The molecule has 4 heterocycles. The Balaban J connectivity index is 1.28. The number of rotatable bonds is 5. The number of hydrogen-bond acceptors (Lipinski definition) is 4. The summed E-state index contributed by atoms with van der Waals surface area (Å²) in [5.41, 5.74) is 10.2. The van der Waals surface area contributed by atoms with Gasteiger partial charge in [0.2, 0.25) is 5.91 Å². The average Bonchev–Trinajstić information content (AvgIpc) is 3.22. The van der Waals surface area contributed by atoms with Crippen LogP contribution in [0, 0.1) is 6.92 Å². The van der Waals surface area contributed by atoms with Crippen LogP contribution >= 0.6 is 0 Å². The summed E-state index contributed by atoms with van der Waals surface area (Å²) in [6.07, 6.45) is 6.83. The van der Waals surface area contributed by atoms with Crippen LogP contribution in [0.3, 0.4) is 0 Å². The van der Waals surface area contributed by atoms with Crippen molar-refractivity contribution < 1.29 is 4.79 Å². The SMILES string of the molecule is CC(=O)N1CCc2nc(C)n(C3CC4CCC(C3)N4CC[C@H](N)c3ccccc3)c2C1. The summed E-state index contributed by atoms with van der Waals surface area (Å²) < 4.78 is 2.49. The molecule has 0 aliphatic carbocycles. The number of nitrogens with two attached hydrogens (primary N) is 1. The van der Waals surface area contributed by atoms with Crippen molar-refractivity contribution in [1.82, 2.24) is 19.4 Å². The van der Waals surface area contributed by atoms with Crippen molar-refractivity contribution in [2.75, 3.05) is 13.1 Å². The molecule has 31 heavy (non-hydrogen) atoms. The number of hydrogen-bond donors (Lipinski definition) is 1. The van der Waals surface area contributed by atoms with Crippen molar-refractivity contribution >= 4 is 5.91 Å². The molecule has 6 nitrogen and oxygen atoms in total. The van der Waals surface area contributed by atoms with E-state index in [1.165, 1.54) is 42.6 Å². The zero-order valence-electron chi connectivity index (χ0n) is 18.8. The lowest BCUT2D eigenvalue weighted by atomic mass is 9.95. The van der Waals surface area contributed by atoms with Crippen LogP contribution in [0.25, 0.3) is 0 Å². The lowest BCUT2D eigenvalue weighted by Gasteiger charge is -2.41. The summed E-state index contributed by atoms with van der Waals surface area (Å²) in [5, 5.41) is 0. The minimum atomic E-state index is 0.110. The fourth-order valence-corrected chi connectivity index (χ4v) is 6.25. The first-order chi connectivity index (χ1) is 15.0. The molecule has 2 fully saturated rings. The molecule has 0 spiro atoms. The van der Waals surface area contributed by atoms with Gasteiger partial charge in [0, 0.05) is 50.6 Å². The predicted octanol–water partition coefficient (Wildman–Crippen LogP) is 3.35. The van der Waals surface area contributed by atoms with Gasteiger partial charge in [-0.1, -0.05) is 30.3 Å². The van der Waals surface area contributed by atoms with Gasteiger partial charge in [0.25, 0.3) is 0 Å². The lowest BCUT2D eigenvalue weighted by molar-refractivity contribution is -0.129. The van der Waals surface area contributed by atoms with Gasteiger partial charge in [0.15, 0.2) is 0 Å². The normalized spacial score (nSPS) is 26.7. The highest BCUT2D eigenvalue weighted by Gasteiger charge is 2.42. The van der Waals surface area contributed by atoms with Crippen molar-refractivity contribution in [2.24, 2.45) is 5.73 Å². The Morgan fingerprint density at radius 1 is 1.16 bits per heavy atom. The molecular weight excluding hydrogens is 386 g/mol. The van der Waals surface area contributed by atoms with Crippen LogP contribution in [0.4, 0.5) is 0 Å². The van der Waals surface area contributed by atoms with Gasteiger partial charge in [-0.05, 0) is 44.6 Å². The fourth-order valence-electron chi connectivity index (χ4n) is 6.25. The van der Waals surface area contributed by atoms with Gasteiger partial charge >= 0.3 is 0 Å². The Morgan fingerprint density at radius 3 is 2.55 bits per heavy atom. The van der Waals surface area contributed by atoms with Crippen LogP contribution in [0.2, 0.25) is 0 Å². The van der Waals surface area contributed by atoms with E-state index in [2.05, 4.69) is 40.7 Å². The third-order valence-corrected chi connectivity index (χ3v) is 7.82. The molecule has 2 unspecified atom stereocenters. The third kappa shape index (κ3) is 3.92. The van der Waals surface area contributed by atoms with Crippen molar-refractivity contribution in [3.8, 4) is 0 Å². The van der Waals surface area contributed by atoms with Gasteiger partial charge in [-0.2, -0.15) is 0 Å². The van der Waals surface area contributed by atoms with E-state index in [1.54, 1.807) is 6.92 Å². The monoisotopic (exact) mass is 421 g/mol. The number of aryl methyl sites for hydroxylation is 1. The Kier molecular flexibility index (Phi) is 5.61. The second kappa shape index (κ2) is 8.40. The first kappa shape index (κ1) is 20.7. The van der Waals surface area contributed by atoms with E-state index in [0.29, 0.717) is 24.7 Å². The summed E-state index contributed by atoms with van der Waals surface area (Å²) in [7, 11) is 0. The number of nitrogens with zero attached hydrogens (tertiary/aromatic N) is 4. The molecule has 3 aliphatic heterocycles. The number of imidazole rings is 1. The van der Waals surface area contributed by atoms with Crippen LogP contribution in [0.15, 0.2) is 30.3 Å². The number of carbonyl (C=O) groups is 1. The van der Waals surface area contributed by atoms with Crippen LogP contribution in [-0.2, 0) is 17.8 Å². The third-order valence-electron chi connectivity index (χ3n) is 7.82. The maximum Gasteiger partial charge on any atom is 0.219 e. The van der Waals surface area contributed by atoms with Crippen LogP contribution in [-0.4, -0.2) is 50.4 Å². The van der Waals surface area contributed by atoms with E-state index in [0.717, 1.165) is 31.8 Å². The number of piperidine rings is 1. The van der Waals surface area contributed by atoms with Crippen LogP contribution < -0.4 is 5.73 Å². The summed E-state index contributed by atoms with van der Waals surface area (Å²) >= 11 is 0. The standard InChI is InChI=1S/C25H35N5O/c1-17-27-24-11-12-28(18(2)31)16-25(24)30(17)22-14-20-8-9-21(15-22)29(20)13-10-23(26)19-6-4-3-5-7-19/h3-7,20-23H,8-16,26H2,1-2H3/t20?,21?,22?,23-/m0/s1.